The van der Waals surface area contributed by atoms with E-state index in [1.165, 1.54) is 0 Å². The lowest BCUT2D eigenvalue weighted by molar-refractivity contribution is 0.174. The fraction of sp³-hybridized carbons (Fsp3) is 0.308. The Morgan fingerprint density at radius 1 is 1.50 bits per heavy atom. The highest BCUT2D eigenvalue weighted by Crippen LogP contribution is 2.15. The number of benzene rings is 1. The normalized spacial score (nSPS) is 10.9. The average Bonchev–Trinajstić information content (AvgIpc) is 2.34. The number of nitrogens with zero attached hydrogens (tertiary/aromatic N) is 1. The first kappa shape index (κ1) is 12.3. The fourth-order valence-corrected chi connectivity index (χ4v) is 1.25. The Kier molecular flexibility index (Phi) is 5.10. The highest BCUT2D eigenvalue weighted by molar-refractivity contribution is 5.58. The van der Waals surface area contributed by atoms with Crippen molar-refractivity contribution < 1.29 is 9.47 Å². The molecule has 84 valence electrons. The molecule has 16 heavy (non-hydrogen) atoms. The highest BCUT2D eigenvalue weighted by atomic mass is 16.5. The van der Waals surface area contributed by atoms with Crippen LogP contribution in [0.1, 0.15) is 12.5 Å². The van der Waals surface area contributed by atoms with Crippen molar-refractivity contribution in [2.45, 2.75) is 6.92 Å². The lowest BCUT2D eigenvalue weighted by Gasteiger charge is -2.02. The highest BCUT2D eigenvalue weighted by Gasteiger charge is 1.97. The van der Waals surface area contributed by atoms with Crippen LogP contribution in [0.3, 0.4) is 0 Å². The third-order valence-electron chi connectivity index (χ3n) is 2.04. The molecule has 0 bridgehead atoms. The molecule has 0 fully saturated rings. The van der Waals surface area contributed by atoms with Gasteiger partial charge in [-0.05, 0) is 30.7 Å². The number of rotatable bonds is 5. The smallest absolute Gasteiger partial charge is 0.119 e. The van der Waals surface area contributed by atoms with E-state index in [2.05, 4.69) is 6.07 Å². The van der Waals surface area contributed by atoms with Crippen LogP contribution in [0, 0.1) is 11.3 Å². The fourth-order valence-electron chi connectivity index (χ4n) is 1.25. The standard InChI is InChI=1S/C13H15NO2/c1-3-16-10-12(9-14)7-11-5-4-6-13(8-11)15-2/h4-8H,3,10H2,1-2H3/b12-7+. The van der Waals surface area contributed by atoms with E-state index in [9.17, 15) is 0 Å². The van der Waals surface area contributed by atoms with Crippen molar-refractivity contribution in [2.24, 2.45) is 0 Å². The molecule has 0 radical (unpaired) electrons. The molecule has 0 spiro atoms. The van der Waals surface area contributed by atoms with Crippen molar-refractivity contribution in [2.75, 3.05) is 20.3 Å². The zero-order chi connectivity index (χ0) is 11.8. The van der Waals surface area contributed by atoms with Gasteiger partial charge in [0.2, 0.25) is 0 Å². The summed E-state index contributed by atoms with van der Waals surface area (Å²) in [6.07, 6.45) is 1.80. The average molecular weight is 217 g/mol. The molecule has 0 heterocycles. The predicted octanol–water partition coefficient (Wildman–Crippen LogP) is 2.64. The van der Waals surface area contributed by atoms with E-state index >= 15 is 0 Å². The van der Waals surface area contributed by atoms with Gasteiger partial charge in [-0.2, -0.15) is 5.26 Å². The lowest BCUT2D eigenvalue weighted by atomic mass is 10.1. The minimum atomic E-state index is 0.351. The molecule has 1 aromatic carbocycles. The Labute approximate surface area is 95.9 Å². The molecule has 0 saturated carbocycles. The Hall–Kier alpha value is -1.79. The van der Waals surface area contributed by atoms with Crippen LogP contribution >= 0.6 is 0 Å². The molecule has 3 nitrogen and oxygen atoms in total. The van der Waals surface area contributed by atoms with Gasteiger partial charge in [0, 0.05) is 6.61 Å². The number of methoxy groups -OCH3 is 1. The van der Waals surface area contributed by atoms with E-state index in [-0.39, 0.29) is 0 Å². The molecule has 1 aromatic rings. The van der Waals surface area contributed by atoms with Crippen molar-refractivity contribution >= 4 is 6.08 Å². The van der Waals surface area contributed by atoms with Gasteiger partial charge in [0.15, 0.2) is 0 Å². The monoisotopic (exact) mass is 217 g/mol. The molecule has 0 unspecified atom stereocenters. The van der Waals surface area contributed by atoms with E-state index in [1.807, 2.05) is 31.2 Å². The minimum absolute atomic E-state index is 0.351. The van der Waals surface area contributed by atoms with Gasteiger partial charge < -0.3 is 9.47 Å². The van der Waals surface area contributed by atoms with Crippen LogP contribution in [0.5, 0.6) is 5.75 Å². The van der Waals surface area contributed by atoms with Crippen molar-refractivity contribution in [3.63, 3.8) is 0 Å². The number of ether oxygens (including phenoxy) is 2. The molecule has 0 amide bonds. The van der Waals surface area contributed by atoms with E-state index in [0.717, 1.165) is 11.3 Å². The summed E-state index contributed by atoms with van der Waals surface area (Å²) in [5, 5.41) is 8.91. The van der Waals surface area contributed by atoms with Gasteiger partial charge in [0.25, 0.3) is 0 Å². The van der Waals surface area contributed by atoms with E-state index in [0.29, 0.717) is 18.8 Å². The number of nitriles is 1. The summed E-state index contributed by atoms with van der Waals surface area (Å²) in [5.74, 6) is 0.780. The molecule has 0 atom stereocenters. The zero-order valence-corrected chi connectivity index (χ0v) is 9.56. The number of hydrogen-bond acceptors (Lipinski definition) is 3. The second kappa shape index (κ2) is 6.65. The van der Waals surface area contributed by atoms with Crippen LogP contribution in [0.4, 0.5) is 0 Å². The third-order valence-corrected chi connectivity index (χ3v) is 2.04. The van der Waals surface area contributed by atoms with Gasteiger partial charge in [-0.1, -0.05) is 12.1 Å². The predicted molar refractivity (Wildman–Crippen MR) is 63.1 cm³/mol. The van der Waals surface area contributed by atoms with Crippen molar-refractivity contribution in [3.8, 4) is 11.8 Å². The van der Waals surface area contributed by atoms with Gasteiger partial charge in [-0.3, -0.25) is 0 Å². The van der Waals surface area contributed by atoms with Crippen molar-refractivity contribution in [1.82, 2.24) is 0 Å². The summed E-state index contributed by atoms with van der Waals surface area (Å²) < 4.78 is 10.3. The molecule has 1 rings (SSSR count). The first-order chi connectivity index (χ1) is 7.80. The van der Waals surface area contributed by atoms with Crippen LogP contribution in [0.2, 0.25) is 0 Å². The largest absolute Gasteiger partial charge is 0.497 e. The Bertz CT molecular complexity index is 405. The molecule has 0 saturated heterocycles. The first-order valence-electron chi connectivity index (χ1n) is 5.12. The van der Waals surface area contributed by atoms with Gasteiger partial charge in [0.05, 0.1) is 25.4 Å². The Morgan fingerprint density at radius 2 is 2.31 bits per heavy atom. The first-order valence-corrected chi connectivity index (χ1v) is 5.12. The molecular weight excluding hydrogens is 202 g/mol. The zero-order valence-electron chi connectivity index (χ0n) is 9.56. The summed E-state index contributed by atoms with van der Waals surface area (Å²) in [6.45, 7) is 2.86. The van der Waals surface area contributed by atoms with Crippen LogP contribution in [0.25, 0.3) is 6.08 Å². The second-order valence-electron chi connectivity index (χ2n) is 3.20. The Morgan fingerprint density at radius 3 is 2.94 bits per heavy atom. The lowest BCUT2D eigenvalue weighted by Crippen LogP contribution is -1.95. The third kappa shape index (κ3) is 3.76. The SMILES string of the molecule is CCOC/C(C#N)=C/c1cccc(OC)c1. The summed E-state index contributed by atoms with van der Waals surface area (Å²) in [7, 11) is 1.62. The van der Waals surface area contributed by atoms with Gasteiger partial charge >= 0.3 is 0 Å². The summed E-state index contributed by atoms with van der Waals surface area (Å²) >= 11 is 0. The van der Waals surface area contributed by atoms with E-state index in [1.54, 1.807) is 13.2 Å². The van der Waals surface area contributed by atoms with Gasteiger partial charge in [0.1, 0.15) is 5.75 Å². The van der Waals surface area contributed by atoms with Crippen molar-refractivity contribution in [1.29, 1.82) is 5.26 Å². The van der Waals surface area contributed by atoms with Gasteiger partial charge in [-0.15, -0.1) is 0 Å². The van der Waals surface area contributed by atoms with E-state index < -0.39 is 0 Å². The molecule has 0 aromatic heterocycles. The van der Waals surface area contributed by atoms with Gasteiger partial charge in [-0.25, -0.2) is 0 Å². The minimum Gasteiger partial charge on any atom is -0.497 e. The molecule has 3 heteroatoms. The summed E-state index contributed by atoms with van der Waals surface area (Å²) in [4.78, 5) is 0. The second-order valence-corrected chi connectivity index (χ2v) is 3.20. The molecule has 0 N–H and O–H groups in total. The topological polar surface area (TPSA) is 42.2 Å². The summed E-state index contributed by atoms with van der Waals surface area (Å²) in [5.41, 5.74) is 1.55. The number of hydrogen-bond donors (Lipinski definition) is 0. The molecular formula is C13H15NO2. The van der Waals surface area contributed by atoms with Crippen LogP contribution in [-0.4, -0.2) is 20.3 Å². The summed E-state index contributed by atoms with van der Waals surface area (Å²) in [6, 6.07) is 9.68. The van der Waals surface area contributed by atoms with Crippen LogP contribution in [0.15, 0.2) is 29.8 Å². The van der Waals surface area contributed by atoms with Crippen LogP contribution < -0.4 is 4.74 Å². The molecule has 0 aliphatic carbocycles. The maximum Gasteiger partial charge on any atom is 0.119 e. The van der Waals surface area contributed by atoms with Crippen LogP contribution in [-0.2, 0) is 4.74 Å². The van der Waals surface area contributed by atoms with Crippen molar-refractivity contribution in [3.05, 3.63) is 35.4 Å². The molecule has 0 aliphatic rings. The molecule has 0 aliphatic heterocycles. The maximum atomic E-state index is 8.91. The maximum absolute atomic E-state index is 8.91. The van der Waals surface area contributed by atoms with E-state index in [4.69, 9.17) is 14.7 Å². The quantitative estimate of drug-likeness (QED) is 0.712. The Balaban J connectivity index is 2.82.